The lowest BCUT2D eigenvalue weighted by Gasteiger charge is -2.08. The number of carboxylic acid groups (broad SMARTS) is 1. The van der Waals surface area contributed by atoms with Crippen LogP contribution in [-0.2, 0) is 13.9 Å². The number of rotatable bonds is 6. The highest BCUT2D eigenvalue weighted by molar-refractivity contribution is 7.45. The largest absolute Gasteiger partial charge is 0.507 e. The standard InChI is InChI=1S/C6H14N2O3.FH2O3P.H3O4P/c7-4-2-1-3-5(8-11)6(9)10;2*1-5(2,3)4/h5,8,11H,1-4,7H2,(H,9,10);(H2,2,3,4);(H3,1,2,3,4). The molecule has 0 aromatic heterocycles. The van der Waals surface area contributed by atoms with Crippen LogP contribution < -0.4 is 11.2 Å². The molecule has 0 radical (unpaired) electrons. The number of hydrogen-bond acceptors (Lipinski definition) is 6. The minimum Gasteiger partial charge on any atom is -0.480 e. The summed E-state index contributed by atoms with van der Waals surface area (Å²) < 4.78 is 27.9. The third-order valence-electron chi connectivity index (χ3n) is 1.40. The number of halogens is 1. The van der Waals surface area contributed by atoms with E-state index in [1.54, 1.807) is 5.48 Å². The molecular weight excluding hydrogens is 341 g/mol. The van der Waals surface area contributed by atoms with E-state index in [0.29, 0.717) is 19.4 Å². The number of nitrogens with one attached hydrogen (secondary N) is 1. The Morgan fingerprint density at radius 3 is 1.67 bits per heavy atom. The van der Waals surface area contributed by atoms with Crippen LogP contribution in [0.25, 0.3) is 0 Å². The van der Waals surface area contributed by atoms with Gasteiger partial charge in [0.1, 0.15) is 6.04 Å². The van der Waals surface area contributed by atoms with Crippen molar-refractivity contribution in [2.24, 2.45) is 5.73 Å². The maximum atomic E-state index is 10.4. The van der Waals surface area contributed by atoms with Gasteiger partial charge in [-0.1, -0.05) is 0 Å². The van der Waals surface area contributed by atoms with E-state index in [9.17, 15) is 8.99 Å². The van der Waals surface area contributed by atoms with Crippen molar-refractivity contribution >= 4 is 21.7 Å². The lowest BCUT2D eigenvalue weighted by molar-refractivity contribution is -0.142. The summed E-state index contributed by atoms with van der Waals surface area (Å²) in [6, 6.07) is -0.860. The van der Waals surface area contributed by atoms with Gasteiger partial charge in [0.05, 0.1) is 0 Å². The molecule has 12 nitrogen and oxygen atoms in total. The predicted octanol–water partition coefficient (Wildman–Crippen LogP) is -1.33. The van der Waals surface area contributed by atoms with Crippen LogP contribution >= 0.6 is 15.7 Å². The van der Waals surface area contributed by atoms with Crippen molar-refractivity contribution in [3.05, 3.63) is 0 Å². The molecule has 0 fully saturated rings. The Morgan fingerprint density at radius 2 is 1.48 bits per heavy atom. The quantitative estimate of drug-likeness (QED) is 0.152. The minimum atomic E-state index is -5.14. The summed E-state index contributed by atoms with van der Waals surface area (Å²) in [5.74, 6) is -1.04. The zero-order valence-electron chi connectivity index (χ0n) is 10.6. The summed E-state index contributed by atoms with van der Waals surface area (Å²) >= 11 is 0. The second-order valence-electron chi connectivity index (χ2n) is 3.29. The zero-order valence-corrected chi connectivity index (χ0v) is 12.4. The fraction of sp³-hybridized carbons (Fsp3) is 0.833. The number of nitrogens with two attached hydrogens (primary N) is 1. The number of carboxylic acids is 1. The molecule has 0 heterocycles. The molecule has 130 valence electrons. The van der Waals surface area contributed by atoms with Gasteiger partial charge in [-0.15, -0.1) is 4.20 Å². The van der Waals surface area contributed by atoms with E-state index in [4.69, 9.17) is 49.6 Å². The smallest absolute Gasteiger partial charge is 0.480 e. The first-order chi connectivity index (χ1) is 9.22. The number of unbranched alkanes of at least 4 members (excludes halogenated alkanes) is 1. The van der Waals surface area contributed by atoms with Crippen LogP contribution in [0.2, 0.25) is 0 Å². The van der Waals surface area contributed by atoms with Crippen molar-refractivity contribution in [1.29, 1.82) is 0 Å². The van der Waals surface area contributed by atoms with E-state index >= 15 is 0 Å². The van der Waals surface area contributed by atoms with Gasteiger partial charge in [-0.2, -0.15) is 5.48 Å². The normalized spacial score (nSPS) is 12.4. The molecule has 0 bridgehead atoms. The number of hydroxylamine groups is 1. The fourth-order valence-corrected chi connectivity index (χ4v) is 0.736. The third kappa shape index (κ3) is 54.1. The molecule has 1 atom stereocenters. The number of carbonyl (C=O) groups is 1. The van der Waals surface area contributed by atoms with Gasteiger partial charge in [0.15, 0.2) is 0 Å². The van der Waals surface area contributed by atoms with E-state index < -0.39 is 27.7 Å². The van der Waals surface area contributed by atoms with Gasteiger partial charge in [0.25, 0.3) is 0 Å². The first-order valence-electron chi connectivity index (χ1n) is 5.08. The summed E-state index contributed by atoms with van der Waals surface area (Å²) in [6.45, 7) is 0.553. The molecule has 15 heteroatoms. The van der Waals surface area contributed by atoms with E-state index in [0.717, 1.165) is 6.42 Å². The molecule has 0 spiro atoms. The maximum Gasteiger partial charge on any atom is 0.507 e. The third-order valence-corrected chi connectivity index (χ3v) is 1.40. The van der Waals surface area contributed by atoms with Gasteiger partial charge in [-0.05, 0) is 25.8 Å². The summed E-state index contributed by atoms with van der Waals surface area (Å²) in [5, 5.41) is 16.8. The maximum absolute atomic E-state index is 10.4. The van der Waals surface area contributed by atoms with Gasteiger partial charge in [0, 0.05) is 0 Å². The molecule has 0 aliphatic carbocycles. The highest BCUT2D eigenvalue weighted by Crippen LogP contribution is 2.35. The SMILES string of the molecule is NCCCCC(NO)C(=O)O.O=P(O)(O)F.O=P(O)(O)O. The highest BCUT2D eigenvalue weighted by atomic mass is 31.2. The lowest BCUT2D eigenvalue weighted by atomic mass is 10.1. The Balaban J connectivity index is -0.000000270. The van der Waals surface area contributed by atoms with Crippen LogP contribution in [-0.4, -0.2) is 53.3 Å². The van der Waals surface area contributed by atoms with Gasteiger partial charge >= 0.3 is 21.7 Å². The van der Waals surface area contributed by atoms with Gasteiger partial charge in [-0.3, -0.25) is 14.6 Å². The highest BCUT2D eigenvalue weighted by Gasteiger charge is 2.14. The Morgan fingerprint density at radius 1 is 1.14 bits per heavy atom. The molecule has 0 aromatic carbocycles. The Kier molecular flexibility index (Phi) is 16.0. The molecular formula is C6H19FN2O10P2. The average Bonchev–Trinajstić information content (AvgIpc) is 2.19. The zero-order chi connectivity index (χ0) is 17.7. The number of phosphoric acid groups is 1. The topological polar surface area (TPSA) is 231 Å². The van der Waals surface area contributed by atoms with Crippen molar-refractivity contribution < 1.29 is 52.9 Å². The van der Waals surface area contributed by atoms with E-state index in [1.165, 1.54) is 0 Å². The summed E-state index contributed by atoms with van der Waals surface area (Å²) in [7, 11) is -9.78. The Hall–Kier alpha value is -0.460. The molecule has 0 aromatic rings. The van der Waals surface area contributed by atoms with E-state index in [1.807, 2.05) is 0 Å². The van der Waals surface area contributed by atoms with Crippen molar-refractivity contribution in [2.75, 3.05) is 6.54 Å². The minimum absolute atomic E-state index is 0.406. The van der Waals surface area contributed by atoms with E-state index in [-0.39, 0.29) is 0 Å². The predicted molar refractivity (Wildman–Crippen MR) is 66.7 cm³/mol. The van der Waals surface area contributed by atoms with Crippen molar-refractivity contribution in [1.82, 2.24) is 5.48 Å². The average molecular weight is 360 g/mol. The van der Waals surface area contributed by atoms with Crippen LogP contribution in [0, 0.1) is 0 Å². The van der Waals surface area contributed by atoms with Crippen LogP contribution in [0.3, 0.4) is 0 Å². The molecule has 0 saturated carbocycles. The van der Waals surface area contributed by atoms with Crippen molar-refractivity contribution in [3.8, 4) is 0 Å². The monoisotopic (exact) mass is 360 g/mol. The Labute approximate surface area is 118 Å². The Bertz CT molecular complexity index is 321. The van der Waals surface area contributed by atoms with E-state index in [2.05, 4.69) is 0 Å². The summed E-state index contributed by atoms with van der Waals surface area (Å²) in [4.78, 5) is 45.8. The lowest BCUT2D eigenvalue weighted by Crippen LogP contribution is -2.34. The van der Waals surface area contributed by atoms with Crippen LogP contribution in [0.15, 0.2) is 0 Å². The molecule has 21 heavy (non-hydrogen) atoms. The van der Waals surface area contributed by atoms with Gasteiger partial charge in [-0.25, -0.2) is 9.13 Å². The van der Waals surface area contributed by atoms with Gasteiger partial charge in [0.2, 0.25) is 0 Å². The number of hydrogen-bond donors (Lipinski definition) is 9. The molecule has 0 rings (SSSR count). The molecule has 0 aliphatic heterocycles. The fourth-order valence-electron chi connectivity index (χ4n) is 0.736. The van der Waals surface area contributed by atoms with Gasteiger partial charge < -0.3 is 30.7 Å². The van der Waals surface area contributed by atoms with Crippen LogP contribution in [0.5, 0.6) is 0 Å². The molecule has 0 saturated heterocycles. The summed E-state index contributed by atoms with van der Waals surface area (Å²) in [5.41, 5.74) is 6.92. The number of aliphatic carboxylic acids is 1. The van der Waals surface area contributed by atoms with Crippen LogP contribution in [0.1, 0.15) is 19.3 Å². The second-order valence-corrected chi connectivity index (χ2v) is 5.26. The van der Waals surface area contributed by atoms with Crippen LogP contribution in [0.4, 0.5) is 4.20 Å². The molecule has 1 unspecified atom stereocenters. The second kappa shape index (κ2) is 13.2. The molecule has 0 aliphatic rings. The first-order valence-corrected chi connectivity index (χ1v) is 8.15. The van der Waals surface area contributed by atoms with Crippen molar-refractivity contribution in [2.45, 2.75) is 25.3 Å². The molecule has 10 N–H and O–H groups in total. The summed E-state index contributed by atoms with van der Waals surface area (Å²) in [6.07, 6.45) is 1.90. The molecule has 0 amide bonds. The van der Waals surface area contributed by atoms with Crippen molar-refractivity contribution in [3.63, 3.8) is 0 Å². The first kappa shape index (κ1) is 25.5.